The molecule has 2 aliphatic heterocycles. The van der Waals surface area contributed by atoms with E-state index >= 15 is 0 Å². The summed E-state index contributed by atoms with van der Waals surface area (Å²) in [4.78, 5) is 14.1. The van der Waals surface area contributed by atoms with Crippen LogP contribution >= 0.6 is 0 Å². The van der Waals surface area contributed by atoms with Crippen LogP contribution in [-0.4, -0.2) is 88.1 Å². The zero-order valence-electron chi connectivity index (χ0n) is 17.0. The van der Waals surface area contributed by atoms with Gasteiger partial charge in [0, 0.05) is 51.0 Å². The topological polar surface area (TPSA) is 74.2 Å². The van der Waals surface area contributed by atoms with E-state index in [0.717, 1.165) is 96.0 Å². The molecule has 1 aromatic rings. The second kappa shape index (κ2) is 11.8. The van der Waals surface area contributed by atoms with Crippen LogP contribution in [0.2, 0.25) is 0 Å². The first-order valence-corrected chi connectivity index (χ1v) is 10.5. The first-order chi connectivity index (χ1) is 13.9. The molecule has 0 bridgehead atoms. The van der Waals surface area contributed by atoms with Crippen LogP contribution in [0.4, 0.5) is 5.82 Å². The smallest absolute Gasteiger partial charge is 0.191 e. The van der Waals surface area contributed by atoms with E-state index in [2.05, 4.69) is 38.4 Å². The number of nitrogens with one attached hydrogen (secondary N) is 2. The van der Waals surface area contributed by atoms with Gasteiger partial charge in [-0.3, -0.25) is 4.90 Å². The average Bonchev–Trinajstić information content (AvgIpc) is 2.76. The fourth-order valence-corrected chi connectivity index (χ4v) is 3.45. The molecule has 2 aliphatic rings. The third-order valence-corrected chi connectivity index (χ3v) is 4.98. The number of aliphatic imine (C=N–C) groups is 1. The van der Waals surface area contributed by atoms with Gasteiger partial charge in [0.05, 0.1) is 33.0 Å². The van der Waals surface area contributed by atoms with Gasteiger partial charge in [-0.25, -0.2) is 9.98 Å². The quantitative estimate of drug-likeness (QED) is 0.384. The fraction of sp³-hybridized carbons (Fsp3) is 0.700. The molecule has 0 saturated carbocycles. The lowest BCUT2D eigenvalue weighted by Gasteiger charge is -2.29. The van der Waals surface area contributed by atoms with Crippen molar-refractivity contribution in [2.75, 3.05) is 77.1 Å². The maximum absolute atomic E-state index is 5.46. The lowest BCUT2D eigenvalue weighted by Crippen LogP contribution is -2.40. The predicted molar refractivity (Wildman–Crippen MR) is 112 cm³/mol. The first kappa shape index (κ1) is 20.8. The molecule has 0 spiro atoms. The number of hydrogen-bond donors (Lipinski definition) is 2. The largest absolute Gasteiger partial charge is 0.379 e. The number of nitrogens with zero attached hydrogens (tertiary/aromatic N) is 4. The zero-order chi connectivity index (χ0) is 19.4. The molecule has 0 amide bonds. The maximum atomic E-state index is 5.46. The van der Waals surface area contributed by atoms with E-state index in [-0.39, 0.29) is 0 Å². The molecule has 0 aliphatic carbocycles. The molecule has 2 N–H and O–H groups in total. The SMILES string of the molecule is CCNC(=NCc1cccnc1N1CCOCC1)NCCCN1CCOCC1. The van der Waals surface area contributed by atoms with Gasteiger partial charge >= 0.3 is 0 Å². The summed E-state index contributed by atoms with van der Waals surface area (Å²) < 4.78 is 10.9. The van der Waals surface area contributed by atoms with E-state index in [9.17, 15) is 0 Å². The summed E-state index contributed by atoms with van der Waals surface area (Å²) in [5, 5.41) is 6.80. The number of guanidine groups is 1. The summed E-state index contributed by atoms with van der Waals surface area (Å²) in [5.41, 5.74) is 1.15. The summed E-state index contributed by atoms with van der Waals surface area (Å²) >= 11 is 0. The van der Waals surface area contributed by atoms with Gasteiger partial charge < -0.3 is 25.0 Å². The van der Waals surface area contributed by atoms with E-state index < -0.39 is 0 Å². The van der Waals surface area contributed by atoms with Gasteiger partial charge in [0.2, 0.25) is 0 Å². The van der Waals surface area contributed by atoms with Gasteiger partial charge in [-0.15, -0.1) is 0 Å². The average molecular weight is 391 g/mol. The summed E-state index contributed by atoms with van der Waals surface area (Å²) in [6.07, 6.45) is 2.95. The third-order valence-electron chi connectivity index (χ3n) is 4.98. The van der Waals surface area contributed by atoms with Gasteiger partial charge in [0.15, 0.2) is 5.96 Å². The van der Waals surface area contributed by atoms with Crippen LogP contribution in [-0.2, 0) is 16.0 Å². The van der Waals surface area contributed by atoms with Crippen molar-refractivity contribution < 1.29 is 9.47 Å². The highest BCUT2D eigenvalue weighted by molar-refractivity contribution is 5.79. The van der Waals surface area contributed by atoms with Crippen molar-refractivity contribution in [1.29, 1.82) is 0 Å². The van der Waals surface area contributed by atoms with Crippen molar-refractivity contribution in [3.8, 4) is 0 Å². The zero-order valence-corrected chi connectivity index (χ0v) is 17.0. The fourth-order valence-electron chi connectivity index (χ4n) is 3.45. The van der Waals surface area contributed by atoms with Crippen molar-refractivity contribution in [1.82, 2.24) is 20.5 Å². The van der Waals surface area contributed by atoms with Crippen molar-refractivity contribution in [2.24, 2.45) is 4.99 Å². The number of rotatable bonds is 8. The Morgan fingerprint density at radius 3 is 2.61 bits per heavy atom. The van der Waals surface area contributed by atoms with Crippen molar-refractivity contribution in [3.63, 3.8) is 0 Å². The molecule has 1 aromatic heterocycles. The van der Waals surface area contributed by atoms with Gasteiger partial charge in [0.1, 0.15) is 5.82 Å². The Bertz CT molecular complexity index is 600. The van der Waals surface area contributed by atoms with Crippen LogP contribution in [0.3, 0.4) is 0 Å². The molecular weight excluding hydrogens is 356 g/mol. The summed E-state index contributed by atoms with van der Waals surface area (Å²) in [5.74, 6) is 1.89. The molecule has 3 rings (SSSR count). The maximum Gasteiger partial charge on any atom is 0.191 e. The van der Waals surface area contributed by atoms with Crippen LogP contribution in [0.25, 0.3) is 0 Å². The molecule has 156 valence electrons. The highest BCUT2D eigenvalue weighted by atomic mass is 16.5. The second-order valence-corrected chi connectivity index (χ2v) is 7.02. The lowest BCUT2D eigenvalue weighted by molar-refractivity contribution is 0.0376. The number of morpholine rings is 2. The Morgan fingerprint density at radius 2 is 1.86 bits per heavy atom. The molecule has 2 fully saturated rings. The molecule has 0 atom stereocenters. The molecular formula is C20H34N6O2. The summed E-state index contributed by atoms with van der Waals surface area (Å²) in [6, 6.07) is 4.10. The molecule has 8 heteroatoms. The minimum Gasteiger partial charge on any atom is -0.379 e. The molecule has 2 saturated heterocycles. The van der Waals surface area contributed by atoms with E-state index in [1.807, 2.05) is 12.3 Å². The molecule has 0 radical (unpaired) electrons. The Hall–Kier alpha value is -1.90. The van der Waals surface area contributed by atoms with Crippen LogP contribution < -0.4 is 15.5 Å². The first-order valence-electron chi connectivity index (χ1n) is 10.5. The Labute approximate surface area is 168 Å². The van der Waals surface area contributed by atoms with E-state index in [4.69, 9.17) is 14.5 Å². The van der Waals surface area contributed by atoms with Crippen molar-refractivity contribution in [2.45, 2.75) is 19.9 Å². The Kier molecular flexibility index (Phi) is 8.80. The number of aromatic nitrogens is 1. The number of pyridine rings is 1. The molecule has 0 unspecified atom stereocenters. The monoisotopic (exact) mass is 390 g/mol. The molecule has 8 nitrogen and oxygen atoms in total. The standard InChI is InChI=1S/C20H34N6O2/c1-2-21-20(23-7-4-8-25-9-13-27-14-10-25)24-17-18-5-3-6-22-19(18)26-11-15-28-16-12-26/h3,5-6H,2,4,7-17H2,1H3,(H2,21,23,24). The molecule has 3 heterocycles. The Morgan fingerprint density at radius 1 is 1.11 bits per heavy atom. The Balaban J connectivity index is 1.50. The third kappa shape index (κ3) is 6.61. The summed E-state index contributed by atoms with van der Waals surface area (Å²) in [7, 11) is 0. The number of hydrogen-bond acceptors (Lipinski definition) is 6. The van der Waals surface area contributed by atoms with Crippen LogP contribution in [0.15, 0.2) is 23.3 Å². The van der Waals surface area contributed by atoms with E-state index in [1.54, 1.807) is 0 Å². The van der Waals surface area contributed by atoms with Crippen molar-refractivity contribution >= 4 is 11.8 Å². The predicted octanol–water partition coefficient (Wildman–Crippen LogP) is 0.696. The number of ether oxygens (including phenoxy) is 2. The number of anilines is 1. The van der Waals surface area contributed by atoms with Gasteiger partial charge in [-0.2, -0.15) is 0 Å². The van der Waals surface area contributed by atoms with Crippen LogP contribution in [0.1, 0.15) is 18.9 Å². The van der Waals surface area contributed by atoms with E-state index in [1.165, 1.54) is 0 Å². The van der Waals surface area contributed by atoms with Crippen LogP contribution in [0.5, 0.6) is 0 Å². The van der Waals surface area contributed by atoms with Gasteiger partial charge in [0.25, 0.3) is 0 Å². The summed E-state index contributed by atoms with van der Waals surface area (Å²) in [6.45, 7) is 12.6. The molecule has 0 aromatic carbocycles. The normalized spacial score (nSPS) is 18.9. The highest BCUT2D eigenvalue weighted by Crippen LogP contribution is 2.19. The van der Waals surface area contributed by atoms with Gasteiger partial charge in [-0.1, -0.05) is 6.07 Å². The highest BCUT2D eigenvalue weighted by Gasteiger charge is 2.15. The minimum atomic E-state index is 0.610. The second-order valence-electron chi connectivity index (χ2n) is 7.02. The van der Waals surface area contributed by atoms with E-state index in [0.29, 0.717) is 6.54 Å². The van der Waals surface area contributed by atoms with Crippen LogP contribution in [0, 0.1) is 0 Å². The lowest BCUT2D eigenvalue weighted by atomic mass is 10.2. The van der Waals surface area contributed by atoms with Crippen molar-refractivity contribution in [3.05, 3.63) is 23.9 Å². The minimum absolute atomic E-state index is 0.610. The van der Waals surface area contributed by atoms with Gasteiger partial charge in [-0.05, 0) is 26.0 Å². The molecule has 28 heavy (non-hydrogen) atoms.